The maximum absolute atomic E-state index is 12.9. The van der Waals surface area contributed by atoms with Gasteiger partial charge in [0.25, 0.3) is 11.6 Å². The summed E-state index contributed by atoms with van der Waals surface area (Å²) in [7, 11) is 0. The monoisotopic (exact) mass is 380 g/mol. The number of nitro benzene ring substituents is 1. The number of carbonyl (C=O) groups excluding carboxylic acids is 1. The topological polar surface area (TPSA) is 120 Å². The number of hydrogen-bond donors (Lipinski definition) is 1. The van der Waals surface area contributed by atoms with Gasteiger partial charge in [0.05, 0.1) is 4.92 Å². The molecule has 10 heteroatoms. The second kappa shape index (κ2) is 8.24. The zero-order chi connectivity index (χ0) is 18.0. The molecule has 1 fully saturated rings. The van der Waals surface area contributed by atoms with Gasteiger partial charge in [-0.25, -0.2) is 9.67 Å². The summed E-state index contributed by atoms with van der Waals surface area (Å²) >= 11 is 0. The second-order valence-electron chi connectivity index (χ2n) is 6.22. The van der Waals surface area contributed by atoms with Gasteiger partial charge < -0.3 is 10.6 Å². The van der Waals surface area contributed by atoms with E-state index in [1.165, 1.54) is 29.5 Å². The molecule has 1 aliphatic heterocycles. The van der Waals surface area contributed by atoms with Crippen LogP contribution in [0.3, 0.4) is 0 Å². The first kappa shape index (κ1) is 19.8. The molecule has 0 saturated carbocycles. The van der Waals surface area contributed by atoms with Gasteiger partial charge in [-0.1, -0.05) is 0 Å². The molecule has 2 heterocycles. The molecule has 3 rings (SSSR count). The Morgan fingerprint density at radius 3 is 2.81 bits per heavy atom. The van der Waals surface area contributed by atoms with E-state index in [1.807, 2.05) is 6.92 Å². The van der Waals surface area contributed by atoms with Crippen LogP contribution in [0.5, 0.6) is 0 Å². The van der Waals surface area contributed by atoms with Crippen molar-refractivity contribution in [2.24, 2.45) is 5.73 Å². The molecule has 1 saturated heterocycles. The first-order valence-electron chi connectivity index (χ1n) is 8.19. The summed E-state index contributed by atoms with van der Waals surface area (Å²) in [6.45, 7) is 2.50. The fourth-order valence-corrected chi connectivity index (χ4v) is 3.25. The summed E-state index contributed by atoms with van der Waals surface area (Å²) in [4.78, 5) is 29.4. The van der Waals surface area contributed by atoms with Gasteiger partial charge in [0.2, 0.25) is 0 Å². The maximum atomic E-state index is 12.9. The normalized spacial score (nSPS) is 18.1. The third kappa shape index (κ3) is 3.83. The van der Waals surface area contributed by atoms with Crippen LogP contribution < -0.4 is 5.73 Å². The minimum Gasteiger partial charge on any atom is -0.334 e. The maximum Gasteiger partial charge on any atom is 0.295 e. The van der Waals surface area contributed by atoms with Gasteiger partial charge >= 0.3 is 0 Å². The molecule has 1 aliphatic rings. The van der Waals surface area contributed by atoms with E-state index >= 15 is 0 Å². The van der Waals surface area contributed by atoms with Gasteiger partial charge in [-0.2, -0.15) is 5.10 Å². The van der Waals surface area contributed by atoms with Crippen LogP contribution in [0, 0.1) is 10.1 Å². The number of likely N-dealkylation sites (tertiary alicyclic amines) is 1. The van der Waals surface area contributed by atoms with E-state index in [1.54, 1.807) is 11.0 Å². The van der Waals surface area contributed by atoms with Crippen LogP contribution in [-0.2, 0) is 0 Å². The van der Waals surface area contributed by atoms with Crippen molar-refractivity contribution < 1.29 is 9.72 Å². The van der Waals surface area contributed by atoms with Crippen LogP contribution in [0.15, 0.2) is 30.9 Å². The highest BCUT2D eigenvalue weighted by Crippen LogP contribution is 2.26. The van der Waals surface area contributed by atoms with E-state index in [0.717, 1.165) is 19.3 Å². The Balaban J connectivity index is 0.00000243. The Bertz CT molecular complexity index is 780. The molecular formula is C16H21ClN6O3. The summed E-state index contributed by atoms with van der Waals surface area (Å²) in [5.74, 6) is -0.227. The second-order valence-corrected chi connectivity index (χ2v) is 6.22. The fraction of sp³-hybridized carbons (Fsp3) is 0.438. The van der Waals surface area contributed by atoms with E-state index in [4.69, 9.17) is 5.73 Å². The number of benzene rings is 1. The van der Waals surface area contributed by atoms with E-state index in [9.17, 15) is 14.9 Å². The van der Waals surface area contributed by atoms with Gasteiger partial charge in [-0.05, 0) is 38.3 Å². The Morgan fingerprint density at radius 2 is 2.19 bits per heavy atom. The lowest BCUT2D eigenvalue weighted by Gasteiger charge is -2.38. The number of nitrogens with zero attached hydrogens (tertiary/aromatic N) is 5. The number of piperidine rings is 1. The zero-order valence-electron chi connectivity index (χ0n) is 14.3. The van der Waals surface area contributed by atoms with Gasteiger partial charge in [0.1, 0.15) is 18.3 Å². The first-order valence-corrected chi connectivity index (χ1v) is 8.19. The molecular weight excluding hydrogens is 360 g/mol. The average Bonchev–Trinajstić information content (AvgIpc) is 3.15. The number of nitro groups is 1. The molecule has 26 heavy (non-hydrogen) atoms. The van der Waals surface area contributed by atoms with Crippen molar-refractivity contribution in [3.8, 4) is 5.69 Å². The summed E-state index contributed by atoms with van der Waals surface area (Å²) in [6.07, 6.45) is 5.46. The van der Waals surface area contributed by atoms with Gasteiger partial charge in [-0.15, -0.1) is 12.4 Å². The predicted molar refractivity (Wildman–Crippen MR) is 97.6 cm³/mol. The SMILES string of the molecule is CC(N)C1CCCCN1C(=O)c1ccc(-n2cncn2)c([N+](=O)[O-])c1.Cl. The van der Waals surface area contributed by atoms with Crippen molar-refractivity contribution in [2.45, 2.75) is 38.3 Å². The predicted octanol–water partition coefficient (Wildman–Crippen LogP) is 1.94. The number of nitrogens with two attached hydrogens (primary N) is 1. The lowest BCUT2D eigenvalue weighted by molar-refractivity contribution is -0.384. The standard InChI is InChI=1S/C16H20N6O3.ClH/c1-11(17)13-4-2-3-7-20(13)16(23)12-5-6-14(15(8-12)22(24)25)21-10-18-9-19-21;/h5-6,8-11,13H,2-4,7,17H2,1H3;1H. The van der Waals surface area contributed by atoms with E-state index in [0.29, 0.717) is 6.54 Å². The van der Waals surface area contributed by atoms with Gasteiger partial charge in [0.15, 0.2) is 0 Å². The highest BCUT2D eigenvalue weighted by molar-refractivity contribution is 5.95. The molecule has 2 atom stereocenters. The Kier molecular flexibility index (Phi) is 6.27. The molecule has 140 valence electrons. The third-order valence-corrected chi connectivity index (χ3v) is 4.50. The van der Waals surface area contributed by atoms with Gasteiger partial charge in [-0.3, -0.25) is 14.9 Å². The van der Waals surface area contributed by atoms with Crippen molar-refractivity contribution in [3.63, 3.8) is 0 Å². The average molecular weight is 381 g/mol. The summed E-state index contributed by atoms with van der Waals surface area (Å²) in [5.41, 5.74) is 6.38. The molecule has 9 nitrogen and oxygen atoms in total. The van der Waals surface area contributed by atoms with Gasteiger partial charge in [0, 0.05) is 30.3 Å². The van der Waals surface area contributed by atoms with Crippen LogP contribution in [0.2, 0.25) is 0 Å². The first-order chi connectivity index (χ1) is 12.0. The Labute approximate surface area is 156 Å². The van der Waals surface area contributed by atoms with Crippen LogP contribution in [0.25, 0.3) is 5.69 Å². The summed E-state index contributed by atoms with van der Waals surface area (Å²) < 4.78 is 1.30. The van der Waals surface area contributed by atoms with Crippen molar-refractivity contribution in [1.82, 2.24) is 19.7 Å². The minimum absolute atomic E-state index is 0. The highest BCUT2D eigenvalue weighted by atomic mass is 35.5. The smallest absolute Gasteiger partial charge is 0.295 e. The number of rotatable bonds is 4. The van der Waals surface area contributed by atoms with E-state index in [-0.39, 0.29) is 47.3 Å². The molecule has 0 bridgehead atoms. The minimum atomic E-state index is -0.521. The molecule has 1 aromatic carbocycles. The van der Waals surface area contributed by atoms with Crippen molar-refractivity contribution in [1.29, 1.82) is 0 Å². The Morgan fingerprint density at radius 1 is 1.42 bits per heavy atom. The molecule has 2 aromatic rings. The van der Waals surface area contributed by atoms with Crippen LogP contribution in [-0.4, -0.2) is 49.1 Å². The zero-order valence-corrected chi connectivity index (χ0v) is 15.1. The molecule has 1 aromatic heterocycles. The van der Waals surface area contributed by atoms with Crippen molar-refractivity contribution >= 4 is 24.0 Å². The third-order valence-electron chi connectivity index (χ3n) is 4.50. The number of aromatic nitrogens is 3. The van der Waals surface area contributed by atoms with E-state index in [2.05, 4.69) is 10.1 Å². The van der Waals surface area contributed by atoms with Crippen molar-refractivity contribution in [2.75, 3.05) is 6.54 Å². The molecule has 0 radical (unpaired) electrons. The molecule has 2 unspecified atom stereocenters. The molecule has 2 N–H and O–H groups in total. The number of halogens is 1. The van der Waals surface area contributed by atoms with Crippen molar-refractivity contribution in [3.05, 3.63) is 46.5 Å². The van der Waals surface area contributed by atoms with E-state index < -0.39 is 4.92 Å². The lowest BCUT2D eigenvalue weighted by atomic mass is 9.96. The van der Waals surface area contributed by atoms with Crippen LogP contribution in [0.4, 0.5) is 5.69 Å². The number of amides is 1. The lowest BCUT2D eigenvalue weighted by Crippen LogP contribution is -2.51. The quantitative estimate of drug-likeness (QED) is 0.639. The molecule has 0 spiro atoms. The summed E-state index contributed by atoms with van der Waals surface area (Å²) in [6, 6.07) is 4.21. The summed E-state index contributed by atoms with van der Waals surface area (Å²) in [5, 5.41) is 15.4. The largest absolute Gasteiger partial charge is 0.334 e. The van der Waals surface area contributed by atoms with Crippen LogP contribution >= 0.6 is 12.4 Å². The Hall–Kier alpha value is -2.52. The van der Waals surface area contributed by atoms with Crippen LogP contribution in [0.1, 0.15) is 36.5 Å². The number of carbonyl (C=O) groups is 1. The molecule has 1 amide bonds. The molecule has 0 aliphatic carbocycles. The number of hydrogen-bond acceptors (Lipinski definition) is 6. The fourth-order valence-electron chi connectivity index (χ4n) is 3.25. The highest BCUT2D eigenvalue weighted by Gasteiger charge is 2.31.